The zero-order chi connectivity index (χ0) is 25.1. The van der Waals surface area contributed by atoms with Crippen molar-refractivity contribution in [2.45, 2.75) is 13.0 Å². The highest BCUT2D eigenvalue weighted by Crippen LogP contribution is 2.22. The summed E-state index contributed by atoms with van der Waals surface area (Å²) in [6.45, 7) is 5.81. The summed E-state index contributed by atoms with van der Waals surface area (Å²) in [7, 11) is 3.49. The van der Waals surface area contributed by atoms with E-state index in [0.29, 0.717) is 34.7 Å². The Balaban J connectivity index is 1.63. The zero-order valence-electron chi connectivity index (χ0n) is 19.6. The van der Waals surface area contributed by atoms with E-state index in [9.17, 15) is 9.59 Å². The van der Waals surface area contributed by atoms with Crippen LogP contribution in [0.5, 0.6) is 0 Å². The van der Waals surface area contributed by atoms with Gasteiger partial charge in [-0.15, -0.1) is 6.58 Å². The first-order valence-corrected chi connectivity index (χ1v) is 10.8. The number of nitrogens with two attached hydrogens (primary N) is 1. The van der Waals surface area contributed by atoms with E-state index in [0.717, 1.165) is 5.56 Å². The normalized spacial score (nSPS) is 11.5. The summed E-state index contributed by atoms with van der Waals surface area (Å²) in [5.74, 6) is 6.43. The van der Waals surface area contributed by atoms with Crippen molar-refractivity contribution >= 4 is 28.4 Å². The first-order valence-electron chi connectivity index (χ1n) is 10.8. The fraction of sp³-hybridized carbons (Fsp3) is 0.208. The van der Waals surface area contributed by atoms with Crippen LogP contribution in [0.25, 0.3) is 10.9 Å². The van der Waals surface area contributed by atoms with E-state index in [2.05, 4.69) is 49.2 Å². The quantitative estimate of drug-likeness (QED) is 0.246. The van der Waals surface area contributed by atoms with Gasteiger partial charge in [-0.05, 0) is 19.1 Å². The van der Waals surface area contributed by atoms with Crippen molar-refractivity contribution < 1.29 is 4.79 Å². The monoisotopic (exact) mass is 471 g/mol. The predicted octanol–water partition coefficient (Wildman–Crippen LogP) is 1.46. The molecule has 0 radical (unpaired) electrons. The molecule has 0 aliphatic carbocycles. The molecule has 1 unspecified atom stereocenters. The van der Waals surface area contributed by atoms with Gasteiger partial charge in [0, 0.05) is 32.4 Å². The molecule has 0 saturated carbocycles. The summed E-state index contributed by atoms with van der Waals surface area (Å²) >= 11 is 0. The molecule has 1 aromatic carbocycles. The average Bonchev–Trinajstić information content (AvgIpc) is 3.36. The van der Waals surface area contributed by atoms with Gasteiger partial charge in [0.15, 0.2) is 5.82 Å². The number of aromatic nitrogens is 6. The Hall–Kier alpha value is -4.85. The number of aromatic amines is 1. The second-order valence-corrected chi connectivity index (χ2v) is 7.90. The summed E-state index contributed by atoms with van der Waals surface area (Å²) in [6, 6.07) is 4.66. The van der Waals surface area contributed by atoms with Crippen LogP contribution in [0.2, 0.25) is 0 Å². The van der Waals surface area contributed by atoms with Crippen molar-refractivity contribution in [3.05, 3.63) is 76.1 Å². The number of hydrogen-bond acceptors (Lipinski definition) is 7. The lowest BCUT2D eigenvalue weighted by Gasteiger charge is -2.15. The molecule has 0 bridgehead atoms. The molecule has 3 heterocycles. The SMILES string of the molecule is C=CCNc1c(C(=O)NC(C)c2nc3cccc(C#Cc4cnn(C)c4)c3c(=O)[nH]2)c(N)nn1C. The van der Waals surface area contributed by atoms with Crippen LogP contribution in [0.4, 0.5) is 11.6 Å². The van der Waals surface area contributed by atoms with Gasteiger partial charge in [-0.2, -0.15) is 10.2 Å². The topological polar surface area (TPSA) is 149 Å². The van der Waals surface area contributed by atoms with Crippen LogP contribution in [-0.2, 0) is 14.1 Å². The highest BCUT2D eigenvalue weighted by Gasteiger charge is 2.23. The molecule has 4 aromatic rings. The molecule has 35 heavy (non-hydrogen) atoms. The number of fused-ring (bicyclic) bond motifs is 1. The summed E-state index contributed by atoms with van der Waals surface area (Å²) in [4.78, 5) is 33.3. The minimum atomic E-state index is -0.614. The number of aryl methyl sites for hydroxylation is 2. The minimum Gasteiger partial charge on any atom is -0.381 e. The van der Waals surface area contributed by atoms with Crippen molar-refractivity contribution in [2.75, 3.05) is 17.6 Å². The fourth-order valence-electron chi connectivity index (χ4n) is 3.62. The second-order valence-electron chi connectivity index (χ2n) is 7.90. The number of H-pyrrole nitrogens is 1. The molecule has 0 aliphatic heterocycles. The molecule has 11 heteroatoms. The maximum atomic E-state index is 13.0. The molecule has 1 atom stereocenters. The molecule has 5 N–H and O–H groups in total. The van der Waals surface area contributed by atoms with Crippen molar-refractivity contribution in [3.63, 3.8) is 0 Å². The van der Waals surface area contributed by atoms with Crippen molar-refractivity contribution in [1.82, 2.24) is 34.8 Å². The van der Waals surface area contributed by atoms with Gasteiger partial charge in [0.1, 0.15) is 17.2 Å². The number of benzene rings is 1. The van der Waals surface area contributed by atoms with Crippen molar-refractivity contribution in [3.8, 4) is 11.8 Å². The molecule has 0 fully saturated rings. The van der Waals surface area contributed by atoms with Crippen LogP contribution >= 0.6 is 0 Å². The Morgan fingerprint density at radius 3 is 2.86 bits per heavy atom. The van der Waals surface area contributed by atoms with Crippen molar-refractivity contribution in [1.29, 1.82) is 0 Å². The smallest absolute Gasteiger partial charge is 0.260 e. The van der Waals surface area contributed by atoms with Crippen LogP contribution in [0, 0.1) is 11.8 Å². The van der Waals surface area contributed by atoms with Crippen molar-refractivity contribution in [2.24, 2.45) is 14.1 Å². The molecule has 11 nitrogen and oxygen atoms in total. The van der Waals surface area contributed by atoms with Gasteiger partial charge in [0.2, 0.25) is 0 Å². The lowest BCUT2D eigenvalue weighted by molar-refractivity contribution is 0.0940. The third kappa shape index (κ3) is 4.77. The number of nitrogen functional groups attached to an aromatic ring is 1. The molecule has 0 saturated heterocycles. The number of carbonyl (C=O) groups is 1. The van der Waals surface area contributed by atoms with Crippen LogP contribution in [0.3, 0.4) is 0 Å². The molecular formula is C24H25N9O2. The number of hydrogen-bond donors (Lipinski definition) is 4. The lowest BCUT2D eigenvalue weighted by Crippen LogP contribution is -2.30. The highest BCUT2D eigenvalue weighted by molar-refractivity contribution is 6.03. The molecule has 0 aliphatic rings. The summed E-state index contributed by atoms with van der Waals surface area (Å²) in [6.07, 6.45) is 5.10. The summed E-state index contributed by atoms with van der Waals surface area (Å²) < 4.78 is 3.14. The number of nitrogens with one attached hydrogen (secondary N) is 3. The Morgan fingerprint density at radius 1 is 1.34 bits per heavy atom. The summed E-state index contributed by atoms with van der Waals surface area (Å²) in [5, 5.41) is 14.5. The van der Waals surface area contributed by atoms with E-state index in [1.165, 1.54) is 4.68 Å². The average molecular weight is 472 g/mol. The number of anilines is 2. The third-order valence-corrected chi connectivity index (χ3v) is 5.27. The first kappa shape index (κ1) is 23.3. The van der Waals surface area contributed by atoms with Gasteiger partial charge < -0.3 is 21.4 Å². The molecule has 1 amide bonds. The highest BCUT2D eigenvalue weighted by atomic mass is 16.2. The van der Waals surface area contributed by atoms with Gasteiger partial charge in [0.25, 0.3) is 11.5 Å². The van der Waals surface area contributed by atoms with E-state index in [1.807, 2.05) is 0 Å². The number of rotatable bonds is 6. The van der Waals surface area contributed by atoms with Crippen LogP contribution in [0.1, 0.15) is 40.3 Å². The molecular weight excluding hydrogens is 446 g/mol. The van der Waals surface area contributed by atoms with Gasteiger partial charge >= 0.3 is 0 Å². The standard InChI is InChI=1S/C24H25N9O2/c1-5-11-26-22-19(20(25)31-33(22)4)24(35)28-14(2)21-29-17-8-6-7-16(18(17)23(34)30-21)10-9-15-12-27-32(3)13-15/h5-8,12-14,26H,1,11H2,2-4H3,(H2,25,31)(H,28,35)(H,29,30,34). The Labute approximate surface area is 201 Å². The predicted molar refractivity (Wildman–Crippen MR) is 134 cm³/mol. The fourth-order valence-corrected chi connectivity index (χ4v) is 3.62. The maximum absolute atomic E-state index is 13.0. The largest absolute Gasteiger partial charge is 0.381 e. The van der Waals surface area contributed by atoms with E-state index in [4.69, 9.17) is 5.73 Å². The lowest BCUT2D eigenvalue weighted by atomic mass is 10.1. The van der Waals surface area contributed by atoms with Crippen LogP contribution in [0.15, 0.2) is 48.0 Å². The van der Waals surface area contributed by atoms with Crippen LogP contribution < -0.4 is 21.9 Å². The second kappa shape index (κ2) is 9.56. The zero-order valence-corrected chi connectivity index (χ0v) is 19.6. The van der Waals surface area contributed by atoms with Gasteiger partial charge in [0.05, 0.1) is 28.7 Å². The maximum Gasteiger partial charge on any atom is 0.260 e. The molecule has 0 spiro atoms. The van der Waals surface area contributed by atoms with E-state index in [1.54, 1.807) is 62.4 Å². The third-order valence-electron chi connectivity index (χ3n) is 5.27. The van der Waals surface area contributed by atoms with Crippen LogP contribution in [-0.4, -0.2) is 42.0 Å². The first-order chi connectivity index (χ1) is 16.8. The van der Waals surface area contributed by atoms with Gasteiger partial charge in [-0.25, -0.2) is 4.98 Å². The Morgan fingerprint density at radius 2 is 2.14 bits per heavy atom. The Kier molecular flexibility index (Phi) is 6.37. The van der Waals surface area contributed by atoms with Gasteiger partial charge in [-0.1, -0.05) is 24.0 Å². The molecule has 178 valence electrons. The number of nitrogens with zero attached hydrogens (tertiary/aromatic N) is 5. The molecule has 3 aromatic heterocycles. The van der Waals surface area contributed by atoms with Gasteiger partial charge in [-0.3, -0.25) is 19.0 Å². The summed E-state index contributed by atoms with van der Waals surface area (Å²) in [5.41, 5.74) is 7.57. The van der Waals surface area contributed by atoms with E-state index >= 15 is 0 Å². The number of carbonyl (C=O) groups excluding carboxylic acids is 1. The van der Waals surface area contributed by atoms with E-state index in [-0.39, 0.29) is 16.9 Å². The molecule has 4 rings (SSSR count). The van der Waals surface area contributed by atoms with E-state index < -0.39 is 11.9 Å². The number of amides is 1. The minimum absolute atomic E-state index is 0.0839. The Bertz CT molecular complexity index is 1550.